The molecule has 1 saturated heterocycles. The molecule has 158 valence electrons. The quantitative estimate of drug-likeness (QED) is 0.623. The van der Waals surface area contributed by atoms with Crippen LogP contribution in [0.25, 0.3) is 11.0 Å². The van der Waals surface area contributed by atoms with Gasteiger partial charge in [0, 0.05) is 45.3 Å². The Kier molecular flexibility index (Phi) is 5.31. The predicted molar refractivity (Wildman–Crippen MR) is 113 cm³/mol. The van der Waals surface area contributed by atoms with E-state index in [4.69, 9.17) is 9.47 Å². The number of piperazine rings is 1. The summed E-state index contributed by atoms with van der Waals surface area (Å²) in [7, 11) is 0. The zero-order valence-electron chi connectivity index (χ0n) is 17.3. The van der Waals surface area contributed by atoms with Crippen molar-refractivity contribution in [3.8, 4) is 11.5 Å². The van der Waals surface area contributed by atoms with Crippen LogP contribution in [0.4, 0.5) is 4.39 Å². The number of hydrogen-bond donors (Lipinski definition) is 0. The lowest BCUT2D eigenvalue weighted by molar-refractivity contribution is 0.125. The number of aromatic nitrogens is 2. The van der Waals surface area contributed by atoms with E-state index in [1.165, 1.54) is 17.7 Å². The minimum Gasteiger partial charge on any atom is -0.454 e. The first-order valence-electron chi connectivity index (χ1n) is 10.6. The Morgan fingerprint density at radius 1 is 0.933 bits per heavy atom. The van der Waals surface area contributed by atoms with Crippen molar-refractivity contribution in [2.45, 2.75) is 26.4 Å². The Labute approximate surface area is 175 Å². The summed E-state index contributed by atoms with van der Waals surface area (Å²) < 4.78 is 26.5. The number of nitrogens with zero attached hydrogens (tertiary/aromatic N) is 4. The average Bonchev–Trinajstić information content (AvgIpc) is 3.32. The number of aryl methyl sites for hydroxylation is 2. The Hall–Kier alpha value is -2.64. The molecule has 3 aromatic rings. The van der Waals surface area contributed by atoms with Crippen molar-refractivity contribution in [2.24, 2.45) is 0 Å². The summed E-state index contributed by atoms with van der Waals surface area (Å²) in [5.74, 6) is 2.42. The lowest BCUT2D eigenvalue weighted by Crippen LogP contribution is -2.46. The van der Waals surface area contributed by atoms with Crippen molar-refractivity contribution in [3.63, 3.8) is 0 Å². The van der Waals surface area contributed by atoms with Crippen LogP contribution in [-0.4, -0.2) is 58.9 Å². The molecule has 0 bridgehead atoms. The monoisotopic (exact) mass is 410 g/mol. The Morgan fingerprint density at radius 3 is 2.60 bits per heavy atom. The summed E-state index contributed by atoms with van der Waals surface area (Å²) in [4.78, 5) is 9.52. The Bertz CT molecular complexity index is 1040. The molecule has 0 radical (unpaired) electrons. The lowest BCUT2D eigenvalue weighted by Gasteiger charge is -2.34. The Balaban J connectivity index is 1.10. The van der Waals surface area contributed by atoms with E-state index in [1.807, 2.05) is 19.1 Å². The second kappa shape index (κ2) is 8.24. The second-order valence-electron chi connectivity index (χ2n) is 8.10. The highest BCUT2D eigenvalue weighted by atomic mass is 19.1. The van der Waals surface area contributed by atoms with Crippen LogP contribution in [0.15, 0.2) is 36.4 Å². The van der Waals surface area contributed by atoms with Gasteiger partial charge in [-0.05, 0) is 49.7 Å². The SMILES string of the molecule is Cc1nc2cc(F)ccc2n1CCCN1CCN(Cc2ccc3c(c2)OCO3)CC1. The van der Waals surface area contributed by atoms with Crippen molar-refractivity contribution < 1.29 is 13.9 Å². The van der Waals surface area contributed by atoms with E-state index in [9.17, 15) is 4.39 Å². The maximum atomic E-state index is 13.4. The zero-order valence-corrected chi connectivity index (χ0v) is 17.3. The minimum atomic E-state index is -0.231. The molecule has 0 unspecified atom stereocenters. The molecule has 0 atom stereocenters. The van der Waals surface area contributed by atoms with Gasteiger partial charge in [0.15, 0.2) is 11.5 Å². The van der Waals surface area contributed by atoms with E-state index in [-0.39, 0.29) is 5.82 Å². The van der Waals surface area contributed by atoms with E-state index in [2.05, 4.69) is 31.5 Å². The number of ether oxygens (including phenoxy) is 2. The maximum absolute atomic E-state index is 13.4. The highest BCUT2D eigenvalue weighted by molar-refractivity contribution is 5.76. The number of imidazole rings is 1. The second-order valence-corrected chi connectivity index (χ2v) is 8.10. The summed E-state index contributed by atoms with van der Waals surface area (Å²) >= 11 is 0. The van der Waals surface area contributed by atoms with Crippen molar-refractivity contribution in [2.75, 3.05) is 39.5 Å². The molecule has 0 saturated carbocycles. The smallest absolute Gasteiger partial charge is 0.231 e. The van der Waals surface area contributed by atoms with Crippen LogP contribution in [0.2, 0.25) is 0 Å². The fourth-order valence-corrected chi connectivity index (χ4v) is 4.43. The molecule has 2 aliphatic heterocycles. The Morgan fingerprint density at radius 2 is 1.73 bits per heavy atom. The van der Waals surface area contributed by atoms with Crippen LogP contribution >= 0.6 is 0 Å². The van der Waals surface area contributed by atoms with Gasteiger partial charge in [-0.3, -0.25) is 4.90 Å². The molecular formula is C23H27FN4O2. The van der Waals surface area contributed by atoms with Crippen molar-refractivity contribution in [3.05, 3.63) is 53.6 Å². The normalized spacial score (nSPS) is 17.1. The highest BCUT2D eigenvalue weighted by Crippen LogP contribution is 2.32. The number of hydrogen-bond acceptors (Lipinski definition) is 5. The van der Waals surface area contributed by atoms with E-state index in [1.54, 1.807) is 0 Å². The summed E-state index contributed by atoms with van der Waals surface area (Å²) in [6.45, 7) is 9.54. The van der Waals surface area contributed by atoms with E-state index in [0.29, 0.717) is 6.79 Å². The van der Waals surface area contributed by atoms with Gasteiger partial charge in [-0.15, -0.1) is 0 Å². The predicted octanol–water partition coefficient (Wildman–Crippen LogP) is 3.42. The third-order valence-electron chi connectivity index (χ3n) is 6.07. The molecule has 30 heavy (non-hydrogen) atoms. The molecule has 5 rings (SSSR count). The highest BCUT2D eigenvalue weighted by Gasteiger charge is 2.19. The van der Waals surface area contributed by atoms with Gasteiger partial charge < -0.3 is 18.9 Å². The van der Waals surface area contributed by atoms with Gasteiger partial charge in [-0.1, -0.05) is 6.07 Å². The largest absolute Gasteiger partial charge is 0.454 e. The van der Waals surface area contributed by atoms with Crippen LogP contribution in [0.5, 0.6) is 11.5 Å². The molecule has 3 heterocycles. The fourth-order valence-electron chi connectivity index (χ4n) is 4.43. The van der Waals surface area contributed by atoms with Gasteiger partial charge in [0.2, 0.25) is 6.79 Å². The molecule has 0 N–H and O–H groups in total. The first-order valence-corrected chi connectivity index (χ1v) is 10.6. The maximum Gasteiger partial charge on any atom is 0.231 e. The first-order chi connectivity index (χ1) is 14.7. The number of halogens is 1. The van der Waals surface area contributed by atoms with Crippen LogP contribution in [0.1, 0.15) is 17.8 Å². The summed E-state index contributed by atoms with van der Waals surface area (Å²) in [5, 5.41) is 0. The molecule has 1 aromatic heterocycles. The van der Waals surface area contributed by atoms with E-state index < -0.39 is 0 Å². The topological polar surface area (TPSA) is 42.8 Å². The molecule has 0 aliphatic carbocycles. The molecule has 0 amide bonds. The average molecular weight is 410 g/mol. The van der Waals surface area contributed by atoms with Crippen LogP contribution in [0, 0.1) is 12.7 Å². The summed E-state index contributed by atoms with van der Waals surface area (Å²) in [5.41, 5.74) is 3.03. The van der Waals surface area contributed by atoms with Crippen molar-refractivity contribution in [1.29, 1.82) is 0 Å². The van der Waals surface area contributed by atoms with E-state index >= 15 is 0 Å². The molecule has 0 spiro atoms. The van der Waals surface area contributed by atoms with Crippen LogP contribution in [-0.2, 0) is 13.1 Å². The third kappa shape index (κ3) is 4.00. The van der Waals surface area contributed by atoms with E-state index in [0.717, 1.165) is 80.6 Å². The number of fused-ring (bicyclic) bond motifs is 2. The van der Waals surface area contributed by atoms with Crippen molar-refractivity contribution >= 4 is 11.0 Å². The first kappa shape index (κ1) is 19.3. The van der Waals surface area contributed by atoms with Gasteiger partial charge in [-0.25, -0.2) is 9.37 Å². The number of benzene rings is 2. The van der Waals surface area contributed by atoms with Gasteiger partial charge >= 0.3 is 0 Å². The van der Waals surface area contributed by atoms with Gasteiger partial charge in [-0.2, -0.15) is 0 Å². The van der Waals surface area contributed by atoms with Crippen LogP contribution < -0.4 is 9.47 Å². The standard InChI is InChI=1S/C23H27FN4O2/c1-17-25-20-14-19(24)4-5-21(20)28(17)8-2-7-26-9-11-27(12-10-26)15-18-3-6-22-23(13-18)30-16-29-22/h3-6,13-14H,2,7-12,15-16H2,1H3. The molecule has 6 nitrogen and oxygen atoms in total. The summed E-state index contributed by atoms with van der Waals surface area (Å²) in [6, 6.07) is 11.1. The third-order valence-corrected chi connectivity index (χ3v) is 6.07. The van der Waals surface area contributed by atoms with Crippen molar-refractivity contribution in [1.82, 2.24) is 19.4 Å². The lowest BCUT2D eigenvalue weighted by atomic mass is 10.1. The molecule has 2 aromatic carbocycles. The number of rotatable bonds is 6. The molecule has 1 fully saturated rings. The summed E-state index contributed by atoms with van der Waals surface area (Å²) in [6.07, 6.45) is 1.06. The van der Waals surface area contributed by atoms with Crippen LogP contribution in [0.3, 0.4) is 0 Å². The zero-order chi connectivity index (χ0) is 20.5. The molecule has 2 aliphatic rings. The van der Waals surface area contributed by atoms with Gasteiger partial charge in [0.25, 0.3) is 0 Å². The molecule has 7 heteroatoms. The fraction of sp³-hybridized carbons (Fsp3) is 0.435. The minimum absolute atomic E-state index is 0.231. The van der Waals surface area contributed by atoms with Gasteiger partial charge in [0.1, 0.15) is 11.6 Å². The molecular weight excluding hydrogens is 383 g/mol. The van der Waals surface area contributed by atoms with Gasteiger partial charge in [0.05, 0.1) is 11.0 Å².